The number of benzene rings is 1. The predicted molar refractivity (Wildman–Crippen MR) is 71.8 cm³/mol. The zero-order chi connectivity index (χ0) is 14.0. The number of nitrogen functional groups attached to an aromatic ring is 1. The fourth-order valence-corrected chi connectivity index (χ4v) is 1.60. The van der Waals surface area contributed by atoms with Gasteiger partial charge in [0.2, 0.25) is 5.88 Å². The molecule has 100 valence electrons. The van der Waals surface area contributed by atoms with Gasteiger partial charge in [-0.3, -0.25) is 0 Å². The molecule has 1 heterocycles. The lowest BCUT2D eigenvalue weighted by atomic mass is 10.2. The van der Waals surface area contributed by atoms with Crippen LogP contribution < -0.4 is 10.5 Å². The molecule has 0 spiro atoms. The van der Waals surface area contributed by atoms with E-state index in [-0.39, 0.29) is 5.82 Å². The molecule has 4 nitrogen and oxygen atoms in total. The second-order valence-electron chi connectivity index (χ2n) is 4.32. The molecule has 2 N–H and O–H groups in total. The van der Waals surface area contributed by atoms with Gasteiger partial charge in [0.15, 0.2) is 0 Å². The highest BCUT2D eigenvalue weighted by Crippen LogP contribution is 2.28. The van der Waals surface area contributed by atoms with E-state index in [1.807, 2.05) is 13.8 Å². The maximum absolute atomic E-state index is 13.2. The van der Waals surface area contributed by atoms with E-state index in [4.69, 9.17) is 10.5 Å². The Morgan fingerprint density at radius 3 is 2.68 bits per heavy atom. The van der Waals surface area contributed by atoms with Crippen LogP contribution in [0.15, 0.2) is 18.2 Å². The van der Waals surface area contributed by atoms with Crippen molar-refractivity contribution in [1.82, 2.24) is 9.97 Å². The van der Waals surface area contributed by atoms with Gasteiger partial charge in [-0.15, -0.1) is 0 Å². The zero-order valence-electron chi connectivity index (χ0n) is 11.2. The summed E-state index contributed by atoms with van der Waals surface area (Å²) in [6.45, 7) is 5.55. The number of rotatable bonds is 3. The van der Waals surface area contributed by atoms with Crippen LogP contribution in [-0.2, 0) is 6.42 Å². The zero-order valence-corrected chi connectivity index (χ0v) is 11.2. The topological polar surface area (TPSA) is 61.0 Å². The number of nitrogens with two attached hydrogens (primary N) is 1. The summed E-state index contributed by atoms with van der Waals surface area (Å²) in [6.07, 6.45) is 0.656. The quantitative estimate of drug-likeness (QED) is 0.921. The lowest BCUT2D eigenvalue weighted by Gasteiger charge is -2.12. The first-order valence-electron chi connectivity index (χ1n) is 6.08. The molecule has 2 aromatic rings. The van der Waals surface area contributed by atoms with Crippen LogP contribution in [0.25, 0.3) is 0 Å². The van der Waals surface area contributed by atoms with Gasteiger partial charge in [0.05, 0.1) is 5.56 Å². The molecule has 5 heteroatoms. The molecule has 0 fully saturated rings. The van der Waals surface area contributed by atoms with Crippen LogP contribution in [-0.4, -0.2) is 9.97 Å². The fraction of sp³-hybridized carbons (Fsp3) is 0.286. The molecular weight excluding hydrogens is 245 g/mol. The Morgan fingerprint density at radius 2 is 2.00 bits per heavy atom. The van der Waals surface area contributed by atoms with Gasteiger partial charge >= 0.3 is 0 Å². The van der Waals surface area contributed by atoms with E-state index in [1.54, 1.807) is 13.0 Å². The summed E-state index contributed by atoms with van der Waals surface area (Å²) < 4.78 is 18.9. The van der Waals surface area contributed by atoms with E-state index >= 15 is 0 Å². The van der Waals surface area contributed by atoms with E-state index in [2.05, 4.69) is 9.97 Å². The molecule has 0 unspecified atom stereocenters. The van der Waals surface area contributed by atoms with Gasteiger partial charge in [-0.1, -0.05) is 13.0 Å². The molecule has 1 aromatic heterocycles. The molecule has 2 rings (SSSR count). The average molecular weight is 261 g/mol. The summed E-state index contributed by atoms with van der Waals surface area (Å²) in [6, 6.07) is 4.38. The van der Waals surface area contributed by atoms with E-state index in [0.29, 0.717) is 35.3 Å². The van der Waals surface area contributed by atoms with Crippen molar-refractivity contribution in [2.75, 3.05) is 5.73 Å². The third-order valence-electron chi connectivity index (χ3n) is 2.86. The maximum atomic E-state index is 13.2. The van der Waals surface area contributed by atoms with Gasteiger partial charge in [0.1, 0.15) is 23.2 Å². The first-order valence-corrected chi connectivity index (χ1v) is 6.08. The Labute approximate surface area is 111 Å². The van der Waals surface area contributed by atoms with Crippen LogP contribution in [0.2, 0.25) is 0 Å². The summed E-state index contributed by atoms with van der Waals surface area (Å²) in [7, 11) is 0. The number of aromatic nitrogens is 2. The van der Waals surface area contributed by atoms with Gasteiger partial charge in [-0.25, -0.2) is 9.37 Å². The maximum Gasteiger partial charge on any atom is 0.227 e. The number of aryl methyl sites for hydroxylation is 2. The third kappa shape index (κ3) is 2.81. The van der Waals surface area contributed by atoms with Gasteiger partial charge < -0.3 is 10.5 Å². The number of hydrogen-bond acceptors (Lipinski definition) is 4. The Balaban J connectivity index is 2.42. The molecular formula is C14H16FN3O. The van der Waals surface area contributed by atoms with E-state index in [0.717, 1.165) is 5.56 Å². The number of hydrogen-bond donors (Lipinski definition) is 1. The lowest BCUT2D eigenvalue weighted by molar-refractivity contribution is 0.447. The Morgan fingerprint density at radius 1 is 1.26 bits per heavy atom. The summed E-state index contributed by atoms with van der Waals surface area (Å²) in [5.74, 6) is 1.44. The molecule has 0 aliphatic rings. The van der Waals surface area contributed by atoms with E-state index in [1.165, 1.54) is 12.1 Å². The van der Waals surface area contributed by atoms with Crippen LogP contribution >= 0.6 is 0 Å². The lowest BCUT2D eigenvalue weighted by Crippen LogP contribution is -2.04. The number of ether oxygens (including phenoxy) is 1. The molecule has 0 aliphatic heterocycles. The summed E-state index contributed by atoms with van der Waals surface area (Å²) in [5, 5.41) is 0. The first-order chi connectivity index (χ1) is 9.01. The number of halogens is 1. The Hall–Kier alpha value is -2.17. The molecule has 0 radical (unpaired) electrons. The van der Waals surface area contributed by atoms with Crippen molar-refractivity contribution in [2.24, 2.45) is 0 Å². The SMILES string of the molecule is CCc1nc(N)c(C)c(Oc2cc(F)ccc2C)n1. The number of anilines is 1. The molecule has 19 heavy (non-hydrogen) atoms. The van der Waals surface area contributed by atoms with Crippen molar-refractivity contribution in [3.05, 3.63) is 41.0 Å². The average Bonchev–Trinajstić information content (AvgIpc) is 2.38. The van der Waals surface area contributed by atoms with Crippen molar-refractivity contribution in [3.8, 4) is 11.6 Å². The van der Waals surface area contributed by atoms with Crippen molar-refractivity contribution in [1.29, 1.82) is 0 Å². The summed E-state index contributed by atoms with van der Waals surface area (Å²) in [5.41, 5.74) is 7.30. The van der Waals surface area contributed by atoms with Crippen LogP contribution in [0, 0.1) is 19.7 Å². The van der Waals surface area contributed by atoms with Crippen molar-refractivity contribution in [3.63, 3.8) is 0 Å². The monoisotopic (exact) mass is 261 g/mol. The highest BCUT2D eigenvalue weighted by molar-refractivity contribution is 5.46. The fourth-order valence-electron chi connectivity index (χ4n) is 1.60. The van der Waals surface area contributed by atoms with Gasteiger partial charge in [0, 0.05) is 12.5 Å². The molecule has 1 aromatic carbocycles. The first kappa shape index (κ1) is 13.3. The smallest absolute Gasteiger partial charge is 0.227 e. The van der Waals surface area contributed by atoms with Crippen LogP contribution in [0.4, 0.5) is 10.2 Å². The predicted octanol–water partition coefficient (Wildman–Crippen LogP) is 3.17. The molecule has 0 saturated carbocycles. The minimum absolute atomic E-state index is 0.351. The number of nitrogens with zero attached hydrogens (tertiary/aromatic N) is 2. The van der Waals surface area contributed by atoms with Gasteiger partial charge in [-0.05, 0) is 25.5 Å². The highest BCUT2D eigenvalue weighted by Gasteiger charge is 2.11. The van der Waals surface area contributed by atoms with E-state index in [9.17, 15) is 4.39 Å². The highest BCUT2D eigenvalue weighted by atomic mass is 19.1. The van der Waals surface area contributed by atoms with Crippen molar-refractivity contribution >= 4 is 5.82 Å². The molecule has 0 saturated heterocycles. The van der Waals surface area contributed by atoms with Gasteiger partial charge in [0.25, 0.3) is 0 Å². The Kier molecular flexibility index (Phi) is 3.64. The molecule has 0 amide bonds. The van der Waals surface area contributed by atoms with Crippen LogP contribution in [0.5, 0.6) is 11.6 Å². The molecule has 0 aliphatic carbocycles. The largest absolute Gasteiger partial charge is 0.438 e. The van der Waals surface area contributed by atoms with E-state index < -0.39 is 0 Å². The summed E-state index contributed by atoms with van der Waals surface area (Å²) >= 11 is 0. The second kappa shape index (κ2) is 5.22. The minimum Gasteiger partial charge on any atom is -0.438 e. The Bertz CT molecular complexity index is 614. The van der Waals surface area contributed by atoms with Crippen LogP contribution in [0.1, 0.15) is 23.9 Å². The summed E-state index contributed by atoms with van der Waals surface area (Å²) in [4.78, 5) is 8.43. The molecule has 0 bridgehead atoms. The normalized spacial score (nSPS) is 10.5. The third-order valence-corrected chi connectivity index (χ3v) is 2.86. The van der Waals surface area contributed by atoms with Crippen molar-refractivity contribution in [2.45, 2.75) is 27.2 Å². The van der Waals surface area contributed by atoms with Crippen LogP contribution in [0.3, 0.4) is 0 Å². The second-order valence-corrected chi connectivity index (χ2v) is 4.32. The molecule has 0 atom stereocenters. The standard InChI is InChI=1S/C14H16FN3O/c1-4-12-17-13(16)9(3)14(18-12)19-11-7-10(15)6-5-8(11)2/h5-7H,4H2,1-3H3,(H2,16,17,18). The minimum atomic E-state index is -0.351. The van der Waals surface area contributed by atoms with Gasteiger partial charge in [-0.2, -0.15) is 4.98 Å². The van der Waals surface area contributed by atoms with Crippen molar-refractivity contribution < 1.29 is 9.13 Å².